The van der Waals surface area contributed by atoms with Gasteiger partial charge in [0.1, 0.15) is 11.8 Å². The molecule has 0 saturated heterocycles. The first kappa shape index (κ1) is 27.3. The summed E-state index contributed by atoms with van der Waals surface area (Å²) < 4.78 is 5.28. The van der Waals surface area contributed by atoms with Gasteiger partial charge in [-0.05, 0) is 47.4 Å². The third-order valence-corrected chi connectivity index (χ3v) is 6.38. The Bertz CT molecular complexity index is 1090. The lowest BCUT2D eigenvalue weighted by Gasteiger charge is -2.32. The van der Waals surface area contributed by atoms with Crippen LogP contribution in [0.5, 0.6) is 5.75 Å². The molecule has 0 radical (unpaired) electrons. The zero-order valence-corrected chi connectivity index (χ0v) is 21.8. The van der Waals surface area contributed by atoms with E-state index in [-0.39, 0.29) is 18.2 Å². The molecule has 3 aromatic rings. The first-order chi connectivity index (χ1) is 17.5. The van der Waals surface area contributed by atoms with Gasteiger partial charge in [-0.25, -0.2) is 0 Å². The molecule has 6 heteroatoms. The zero-order valence-electron chi connectivity index (χ0n) is 21.1. The van der Waals surface area contributed by atoms with Crippen LogP contribution in [-0.2, 0) is 29.0 Å². The number of nitrogens with zero attached hydrogens (tertiary/aromatic N) is 1. The van der Waals surface area contributed by atoms with E-state index in [0.29, 0.717) is 24.5 Å². The molecule has 2 amide bonds. The second kappa shape index (κ2) is 14.3. The Hall–Kier alpha value is -3.31. The van der Waals surface area contributed by atoms with Gasteiger partial charge in [-0.2, -0.15) is 0 Å². The maximum atomic E-state index is 13.7. The van der Waals surface area contributed by atoms with E-state index in [4.69, 9.17) is 16.3 Å². The Kier molecular flexibility index (Phi) is 10.8. The number of carbonyl (C=O) groups excluding carboxylic acids is 2. The molecule has 0 aromatic heterocycles. The van der Waals surface area contributed by atoms with Gasteiger partial charge in [0, 0.05) is 24.5 Å². The van der Waals surface area contributed by atoms with Gasteiger partial charge in [0.15, 0.2) is 0 Å². The number of unbranched alkanes of at least 4 members (excludes halogenated alkanes) is 2. The van der Waals surface area contributed by atoms with Crippen molar-refractivity contribution in [1.82, 2.24) is 10.2 Å². The summed E-state index contributed by atoms with van der Waals surface area (Å²) in [5, 5.41) is 3.70. The monoisotopic (exact) mass is 506 g/mol. The second-order valence-electron chi connectivity index (χ2n) is 8.88. The molecule has 0 fully saturated rings. The van der Waals surface area contributed by atoms with Gasteiger partial charge >= 0.3 is 0 Å². The van der Waals surface area contributed by atoms with Crippen molar-refractivity contribution >= 4 is 23.4 Å². The van der Waals surface area contributed by atoms with E-state index in [1.54, 1.807) is 24.1 Å². The number of nitrogens with one attached hydrogen (secondary N) is 1. The molecule has 36 heavy (non-hydrogen) atoms. The third kappa shape index (κ3) is 8.42. The molecule has 0 spiro atoms. The first-order valence-corrected chi connectivity index (χ1v) is 12.9. The fourth-order valence-electron chi connectivity index (χ4n) is 4.06. The maximum Gasteiger partial charge on any atom is 0.243 e. The molecule has 0 bridgehead atoms. The molecule has 1 unspecified atom stereocenters. The van der Waals surface area contributed by atoms with Gasteiger partial charge in [0.05, 0.1) is 13.5 Å². The lowest BCUT2D eigenvalue weighted by Crippen LogP contribution is -2.51. The van der Waals surface area contributed by atoms with Crippen molar-refractivity contribution in [2.75, 3.05) is 13.7 Å². The van der Waals surface area contributed by atoms with E-state index in [0.717, 1.165) is 41.7 Å². The summed E-state index contributed by atoms with van der Waals surface area (Å²) in [7, 11) is 1.62. The van der Waals surface area contributed by atoms with Crippen LogP contribution < -0.4 is 10.1 Å². The first-order valence-electron chi connectivity index (χ1n) is 12.5. The Morgan fingerprint density at radius 2 is 1.56 bits per heavy atom. The summed E-state index contributed by atoms with van der Waals surface area (Å²) in [6.07, 6.45) is 3.66. The average molecular weight is 507 g/mol. The summed E-state index contributed by atoms with van der Waals surface area (Å²) in [6, 6.07) is 24.1. The number of benzene rings is 3. The van der Waals surface area contributed by atoms with E-state index in [1.165, 1.54) is 0 Å². The molecule has 0 aliphatic rings. The molecule has 0 saturated carbocycles. The Balaban J connectivity index is 1.90. The van der Waals surface area contributed by atoms with E-state index < -0.39 is 6.04 Å². The van der Waals surface area contributed by atoms with Crippen molar-refractivity contribution in [2.45, 2.75) is 51.6 Å². The quantitative estimate of drug-likeness (QED) is 0.296. The number of ether oxygens (including phenoxy) is 1. The van der Waals surface area contributed by atoms with Crippen LogP contribution in [0.15, 0.2) is 78.9 Å². The largest absolute Gasteiger partial charge is 0.497 e. The molecule has 0 heterocycles. The molecule has 0 aliphatic carbocycles. The zero-order chi connectivity index (χ0) is 25.8. The minimum Gasteiger partial charge on any atom is -0.497 e. The molecule has 1 N–H and O–H groups in total. The van der Waals surface area contributed by atoms with Gasteiger partial charge < -0.3 is 15.0 Å². The summed E-state index contributed by atoms with van der Waals surface area (Å²) in [6.45, 7) is 3.04. The van der Waals surface area contributed by atoms with Crippen LogP contribution in [0.4, 0.5) is 0 Å². The fraction of sp³-hybridized carbons (Fsp3) is 0.333. The standard InChI is InChI=1S/C30H35ClN2O3/c1-3-4-8-19-32-30(35)28(20-23-9-6-5-7-10-23)33(22-25-13-17-27(36-2)18-14-25)29(34)21-24-11-15-26(31)16-12-24/h5-7,9-18,28H,3-4,8,19-22H2,1-2H3,(H,32,35). The van der Waals surface area contributed by atoms with Crippen LogP contribution >= 0.6 is 11.6 Å². The van der Waals surface area contributed by atoms with Crippen LogP contribution in [0.25, 0.3) is 0 Å². The van der Waals surface area contributed by atoms with Crippen molar-refractivity contribution in [3.8, 4) is 5.75 Å². The van der Waals surface area contributed by atoms with Crippen molar-refractivity contribution < 1.29 is 14.3 Å². The Labute approximate surface area is 219 Å². The second-order valence-corrected chi connectivity index (χ2v) is 9.31. The van der Waals surface area contributed by atoms with Crippen LogP contribution in [0, 0.1) is 0 Å². The lowest BCUT2D eigenvalue weighted by molar-refractivity contribution is -0.140. The number of methoxy groups -OCH3 is 1. The van der Waals surface area contributed by atoms with Crippen molar-refractivity contribution in [3.05, 3.63) is 101 Å². The third-order valence-electron chi connectivity index (χ3n) is 6.13. The Morgan fingerprint density at radius 3 is 2.19 bits per heavy atom. The van der Waals surface area contributed by atoms with Crippen LogP contribution in [0.2, 0.25) is 5.02 Å². The van der Waals surface area contributed by atoms with Gasteiger partial charge in [0.25, 0.3) is 0 Å². The van der Waals surface area contributed by atoms with Gasteiger partial charge in [0.2, 0.25) is 11.8 Å². The van der Waals surface area contributed by atoms with Crippen molar-refractivity contribution in [1.29, 1.82) is 0 Å². The summed E-state index contributed by atoms with van der Waals surface area (Å²) in [4.78, 5) is 28.9. The normalized spacial score (nSPS) is 11.5. The molecule has 1 atom stereocenters. The average Bonchev–Trinajstić information content (AvgIpc) is 2.90. The van der Waals surface area contributed by atoms with Crippen LogP contribution in [0.1, 0.15) is 42.9 Å². The van der Waals surface area contributed by atoms with Crippen LogP contribution in [-0.4, -0.2) is 36.4 Å². The molecular formula is C30H35ClN2O3. The molecule has 3 rings (SSSR count). The summed E-state index contributed by atoms with van der Waals surface area (Å²) in [5.41, 5.74) is 2.79. The van der Waals surface area contributed by atoms with Crippen LogP contribution in [0.3, 0.4) is 0 Å². The number of hydrogen-bond acceptors (Lipinski definition) is 3. The lowest BCUT2D eigenvalue weighted by atomic mass is 10.0. The van der Waals surface area contributed by atoms with Crippen molar-refractivity contribution in [2.24, 2.45) is 0 Å². The minimum atomic E-state index is -0.643. The van der Waals surface area contributed by atoms with Gasteiger partial charge in [-0.15, -0.1) is 0 Å². The Morgan fingerprint density at radius 1 is 0.889 bits per heavy atom. The molecule has 190 valence electrons. The number of amides is 2. The predicted molar refractivity (Wildman–Crippen MR) is 145 cm³/mol. The maximum absolute atomic E-state index is 13.7. The van der Waals surface area contributed by atoms with E-state index >= 15 is 0 Å². The number of hydrogen-bond donors (Lipinski definition) is 1. The van der Waals surface area contributed by atoms with Gasteiger partial charge in [-0.1, -0.05) is 86.0 Å². The molecular weight excluding hydrogens is 472 g/mol. The highest BCUT2D eigenvalue weighted by Gasteiger charge is 2.30. The molecule has 3 aromatic carbocycles. The predicted octanol–water partition coefficient (Wildman–Crippen LogP) is 5.84. The van der Waals surface area contributed by atoms with E-state index in [2.05, 4.69) is 12.2 Å². The van der Waals surface area contributed by atoms with Crippen molar-refractivity contribution in [3.63, 3.8) is 0 Å². The van der Waals surface area contributed by atoms with Gasteiger partial charge in [-0.3, -0.25) is 9.59 Å². The highest BCUT2D eigenvalue weighted by Crippen LogP contribution is 2.19. The SMILES string of the molecule is CCCCCNC(=O)C(Cc1ccccc1)N(Cc1ccc(OC)cc1)C(=O)Cc1ccc(Cl)cc1. The summed E-state index contributed by atoms with van der Waals surface area (Å²) >= 11 is 6.04. The number of halogens is 1. The highest BCUT2D eigenvalue weighted by atomic mass is 35.5. The fourth-order valence-corrected chi connectivity index (χ4v) is 4.19. The number of rotatable bonds is 13. The minimum absolute atomic E-state index is 0.113. The summed E-state index contributed by atoms with van der Waals surface area (Å²) in [5.74, 6) is 0.498. The molecule has 5 nitrogen and oxygen atoms in total. The number of carbonyl (C=O) groups is 2. The smallest absolute Gasteiger partial charge is 0.243 e. The van der Waals surface area contributed by atoms with E-state index in [9.17, 15) is 9.59 Å². The van der Waals surface area contributed by atoms with E-state index in [1.807, 2.05) is 66.7 Å². The topological polar surface area (TPSA) is 58.6 Å². The highest BCUT2D eigenvalue weighted by molar-refractivity contribution is 6.30. The molecule has 0 aliphatic heterocycles.